The number of sulfonamides is 2. The number of likely N-dealkylation sites (N-methyl/N-ethyl adjacent to an activating group) is 1. The highest BCUT2D eigenvalue weighted by Crippen LogP contribution is 2.26. The van der Waals surface area contributed by atoms with Crippen LogP contribution in [0.25, 0.3) is 0 Å². The van der Waals surface area contributed by atoms with Gasteiger partial charge in [0.1, 0.15) is 0 Å². The number of carbonyl (C=O) groups is 1. The largest absolute Gasteiger partial charge is 0.326 e. The lowest BCUT2D eigenvalue weighted by Gasteiger charge is -2.31. The summed E-state index contributed by atoms with van der Waals surface area (Å²) in [5.41, 5.74) is 1.45. The Labute approximate surface area is 207 Å². The van der Waals surface area contributed by atoms with E-state index in [0.29, 0.717) is 51.3 Å². The van der Waals surface area contributed by atoms with Crippen LogP contribution in [0.3, 0.4) is 0 Å². The molecule has 0 spiro atoms. The van der Waals surface area contributed by atoms with Gasteiger partial charge in [-0.1, -0.05) is 17.7 Å². The van der Waals surface area contributed by atoms with Crippen molar-refractivity contribution < 1.29 is 21.6 Å². The van der Waals surface area contributed by atoms with Gasteiger partial charge in [-0.05, 0) is 63.2 Å². The Bertz CT molecular complexity index is 1250. The number of benzene rings is 2. The molecule has 0 unspecified atom stereocenters. The number of carbonyl (C=O) groups excluding carboxylic acids is 1. The number of hydrogen-bond acceptors (Lipinski definition) is 6. The molecule has 2 fully saturated rings. The average molecular weight is 521 g/mol. The molecule has 1 atom stereocenters. The summed E-state index contributed by atoms with van der Waals surface area (Å²) in [6.07, 6.45) is 1.17. The normalized spacial score (nSPS) is 21.0. The number of amides is 1. The summed E-state index contributed by atoms with van der Waals surface area (Å²) in [6.45, 7) is 4.64. The minimum Gasteiger partial charge on any atom is -0.326 e. The van der Waals surface area contributed by atoms with Gasteiger partial charge in [-0.15, -0.1) is 0 Å². The maximum atomic E-state index is 13.0. The second-order valence-electron chi connectivity index (χ2n) is 9.24. The van der Waals surface area contributed by atoms with E-state index in [1.54, 1.807) is 36.4 Å². The standard InChI is InChI=1S/C24H32N4O5S2/c1-19-5-9-22(10-6-19)35(32,33)28-13-3-4-20(18-28)24(29)25-21-7-11-23(12-8-21)34(30,31)27-16-14-26(2)15-17-27/h5-12,20H,3-4,13-18H2,1-2H3,(H,25,29)/t20-/m1/s1. The molecule has 2 heterocycles. The van der Waals surface area contributed by atoms with E-state index in [0.717, 1.165) is 5.56 Å². The monoisotopic (exact) mass is 520 g/mol. The molecule has 2 saturated heterocycles. The summed E-state index contributed by atoms with van der Waals surface area (Å²) in [5, 5.41) is 2.82. The van der Waals surface area contributed by atoms with Crippen molar-refractivity contribution in [1.82, 2.24) is 13.5 Å². The van der Waals surface area contributed by atoms with E-state index in [4.69, 9.17) is 0 Å². The van der Waals surface area contributed by atoms with Crippen molar-refractivity contribution in [3.05, 3.63) is 54.1 Å². The van der Waals surface area contributed by atoms with E-state index >= 15 is 0 Å². The van der Waals surface area contributed by atoms with Crippen LogP contribution in [0, 0.1) is 12.8 Å². The van der Waals surface area contributed by atoms with Crippen molar-refractivity contribution in [2.75, 3.05) is 51.6 Å². The fourth-order valence-electron chi connectivity index (χ4n) is 4.37. The minimum atomic E-state index is -3.68. The van der Waals surface area contributed by atoms with E-state index in [1.807, 2.05) is 14.0 Å². The van der Waals surface area contributed by atoms with E-state index in [2.05, 4.69) is 10.2 Å². The van der Waals surface area contributed by atoms with Gasteiger partial charge in [-0.2, -0.15) is 8.61 Å². The van der Waals surface area contributed by atoms with Crippen molar-refractivity contribution in [2.24, 2.45) is 5.92 Å². The first-order valence-corrected chi connectivity index (χ1v) is 14.6. The summed E-state index contributed by atoms with van der Waals surface area (Å²) >= 11 is 0. The van der Waals surface area contributed by atoms with Gasteiger partial charge in [0.25, 0.3) is 0 Å². The van der Waals surface area contributed by atoms with Crippen molar-refractivity contribution in [1.29, 1.82) is 0 Å². The second-order valence-corrected chi connectivity index (χ2v) is 13.1. The van der Waals surface area contributed by atoms with Gasteiger partial charge in [0.2, 0.25) is 26.0 Å². The van der Waals surface area contributed by atoms with E-state index in [-0.39, 0.29) is 22.2 Å². The van der Waals surface area contributed by atoms with Crippen LogP contribution in [0.5, 0.6) is 0 Å². The van der Waals surface area contributed by atoms with Crippen LogP contribution < -0.4 is 5.32 Å². The Hall–Kier alpha value is -2.31. The molecule has 2 aromatic rings. The molecule has 2 aliphatic rings. The molecule has 0 bridgehead atoms. The van der Waals surface area contributed by atoms with Crippen molar-refractivity contribution in [2.45, 2.75) is 29.6 Å². The van der Waals surface area contributed by atoms with Crippen LogP contribution in [0.1, 0.15) is 18.4 Å². The molecule has 0 radical (unpaired) electrons. The van der Waals surface area contributed by atoms with Crippen molar-refractivity contribution in [3.63, 3.8) is 0 Å². The Kier molecular flexibility index (Phi) is 7.62. The lowest BCUT2D eigenvalue weighted by Crippen LogP contribution is -2.47. The SMILES string of the molecule is Cc1ccc(S(=O)(=O)N2CCC[C@@H](C(=O)Nc3ccc(S(=O)(=O)N4CCN(C)CC4)cc3)C2)cc1. The maximum Gasteiger partial charge on any atom is 0.243 e. The summed E-state index contributed by atoms with van der Waals surface area (Å²) < 4.78 is 54.7. The maximum absolute atomic E-state index is 13.0. The smallest absolute Gasteiger partial charge is 0.243 e. The lowest BCUT2D eigenvalue weighted by molar-refractivity contribution is -0.120. The molecular weight excluding hydrogens is 488 g/mol. The fraction of sp³-hybridized carbons (Fsp3) is 0.458. The molecule has 1 amide bonds. The van der Waals surface area contributed by atoms with Gasteiger partial charge in [0.15, 0.2) is 0 Å². The molecule has 4 rings (SSSR count). The fourth-order valence-corrected chi connectivity index (χ4v) is 7.31. The van der Waals surface area contributed by atoms with Crippen LogP contribution >= 0.6 is 0 Å². The molecular formula is C24H32N4O5S2. The number of hydrogen-bond donors (Lipinski definition) is 1. The molecule has 2 aliphatic heterocycles. The molecule has 2 aromatic carbocycles. The summed E-state index contributed by atoms with van der Waals surface area (Å²) in [4.78, 5) is 15.4. The van der Waals surface area contributed by atoms with Crippen LogP contribution in [0.15, 0.2) is 58.3 Å². The highest BCUT2D eigenvalue weighted by molar-refractivity contribution is 7.89. The van der Waals surface area contributed by atoms with E-state index in [1.165, 1.54) is 20.7 Å². The summed E-state index contributed by atoms with van der Waals surface area (Å²) in [6, 6.07) is 12.8. The van der Waals surface area contributed by atoms with Crippen LogP contribution in [0.2, 0.25) is 0 Å². The summed E-state index contributed by atoms with van der Waals surface area (Å²) in [5.74, 6) is -0.763. The first-order valence-electron chi connectivity index (χ1n) is 11.7. The van der Waals surface area contributed by atoms with Crippen LogP contribution in [-0.2, 0) is 24.8 Å². The van der Waals surface area contributed by atoms with Crippen LogP contribution in [-0.4, -0.2) is 82.6 Å². The molecule has 0 saturated carbocycles. The third kappa shape index (κ3) is 5.75. The topological polar surface area (TPSA) is 107 Å². The van der Waals surface area contributed by atoms with Gasteiger partial charge >= 0.3 is 0 Å². The number of piperidine rings is 1. The number of aryl methyl sites for hydroxylation is 1. The Morgan fingerprint density at radius 2 is 1.34 bits per heavy atom. The Balaban J connectivity index is 1.40. The van der Waals surface area contributed by atoms with Gasteiger partial charge in [0, 0.05) is 45.0 Å². The third-order valence-corrected chi connectivity index (χ3v) is 10.4. The van der Waals surface area contributed by atoms with E-state index < -0.39 is 26.0 Å². The number of nitrogens with one attached hydrogen (secondary N) is 1. The molecule has 35 heavy (non-hydrogen) atoms. The van der Waals surface area contributed by atoms with Crippen LogP contribution in [0.4, 0.5) is 5.69 Å². The molecule has 1 N–H and O–H groups in total. The minimum absolute atomic E-state index is 0.109. The third-order valence-electron chi connectivity index (χ3n) is 6.64. The van der Waals surface area contributed by atoms with Crippen molar-refractivity contribution >= 4 is 31.6 Å². The molecule has 0 aliphatic carbocycles. The molecule has 11 heteroatoms. The van der Waals surface area contributed by atoms with Gasteiger partial charge in [0.05, 0.1) is 15.7 Å². The zero-order valence-electron chi connectivity index (χ0n) is 20.1. The van der Waals surface area contributed by atoms with E-state index in [9.17, 15) is 21.6 Å². The number of rotatable bonds is 6. The first-order chi connectivity index (χ1) is 16.6. The zero-order chi connectivity index (χ0) is 25.2. The quantitative estimate of drug-likeness (QED) is 0.624. The number of anilines is 1. The Morgan fingerprint density at radius 1 is 0.800 bits per heavy atom. The van der Waals surface area contributed by atoms with Gasteiger partial charge in [-0.3, -0.25) is 4.79 Å². The predicted molar refractivity (Wildman–Crippen MR) is 134 cm³/mol. The lowest BCUT2D eigenvalue weighted by atomic mass is 9.99. The first kappa shape index (κ1) is 25.8. The number of piperazine rings is 1. The molecule has 9 nitrogen and oxygen atoms in total. The molecule has 0 aromatic heterocycles. The highest BCUT2D eigenvalue weighted by atomic mass is 32.2. The Morgan fingerprint density at radius 3 is 1.94 bits per heavy atom. The van der Waals surface area contributed by atoms with Crippen molar-refractivity contribution in [3.8, 4) is 0 Å². The van der Waals surface area contributed by atoms with Gasteiger partial charge in [-0.25, -0.2) is 16.8 Å². The zero-order valence-corrected chi connectivity index (χ0v) is 21.7. The second kappa shape index (κ2) is 10.4. The summed E-state index contributed by atoms with van der Waals surface area (Å²) in [7, 11) is -5.30. The average Bonchev–Trinajstić information content (AvgIpc) is 2.85. The molecule has 190 valence electrons. The highest BCUT2D eigenvalue weighted by Gasteiger charge is 2.33. The van der Waals surface area contributed by atoms with Gasteiger partial charge < -0.3 is 10.2 Å². The number of nitrogens with zero attached hydrogens (tertiary/aromatic N) is 3. The predicted octanol–water partition coefficient (Wildman–Crippen LogP) is 1.97.